The molecule has 2 rings (SSSR count). The van der Waals surface area contributed by atoms with Crippen LogP contribution >= 0.6 is 0 Å². The molecule has 0 aliphatic carbocycles. The molecule has 0 saturated carbocycles. The van der Waals surface area contributed by atoms with Crippen molar-refractivity contribution < 1.29 is 23.8 Å². The molecule has 2 aromatic rings. The molecule has 27 heavy (non-hydrogen) atoms. The van der Waals surface area contributed by atoms with Gasteiger partial charge in [-0.2, -0.15) is 0 Å². The van der Waals surface area contributed by atoms with Crippen LogP contribution in [0, 0.1) is 0 Å². The van der Waals surface area contributed by atoms with Crippen LogP contribution in [0.3, 0.4) is 0 Å². The Morgan fingerprint density at radius 3 is 1.63 bits per heavy atom. The number of hydrogen-bond acceptors (Lipinski definition) is 5. The Balaban J connectivity index is 0.000000418. The third kappa shape index (κ3) is 13.6. The van der Waals surface area contributed by atoms with Crippen LogP contribution in [0.25, 0.3) is 0 Å². The summed E-state index contributed by atoms with van der Waals surface area (Å²) in [6.45, 7) is 6.69. The zero-order valence-electron chi connectivity index (χ0n) is 15.8. The zero-order valence-corrected chi connectivity index (χ0v) is 15.8. The molecule has 0 heterocycles. The van der Waals surface area contributed by atoms with Gasteiger partial charge in [0.25, 0.3) is 0 Å². The van der Waals surface area contributed by atoms with Gasteiger partial charge in [0.2, 0.25) is 0 Å². The maximum absolute atomic E-state index is 10.1. The molecule has 0 saturated heterocycles. The van der Waals surface area contributed by atoms with Gasteiger partial charge in [-0.05, 0) is 17.5 Å². The summed E-state index contributed by atoms with van der Waals surface area (Å²) >= 11 is 0. The first-order valence-electron chi connectivity index (χ1n) is 8.17. The second-order valence-corrected chi connectivity index (χ2v) is 4.93. The lowest BCUT2D eigenvalue weighted by atomic mass is 10.1. The van der Waals surface area contributed by atoms with E-state index >= 15 is 0 Å². The Kier molecular flexibility index (Phi) is 14.1. The van der Waals surface area contributed by atoms with Gasteiger partial charge in [-0.25, -0.2) is 9.59 Å². The maximum atomic E-state index is 10.1. The minimum atomic E-state index is -0.676. The third-order valence-electron chi connectivity index (χ3n) is 2.95. The molecule has 0 N–H and O–H groups in total. The summed E-state index contributed by atoms with van der Waals surface area (Å²) in [4.78, 5) is 19.9. The first-order chi connectivity index (χ1) is 13.1. The lowest BCUT2D eigenvalue weighted by Gasteiger charge is -2.00. The van der Waals surface area contributed by atoms with Crippen molar-refractivity contribution in [3.63, 3.8) is 0 Å². The molecular weight excluding hydrogens is 344 g/mol. The van der Waals surface area contributed by atoms with Crippen LogP contribution in [0.4, 0.5) is 4.79 Å². The third-order valence-corrected chi connectivity index (χ3v) is 2.95. The smallest absolute Gasteiger partial charge is 0.466 e. The standard InChI is InChI=1S/C13H12.C5H8O3.C4H6O2/c1-3-7-12(8-4-1)11-13-9-5-2-6-10-13;1-3-4-8-5(6)7-2;1-3-4(5)6-2/h1-10H,11H2;3H,1,4H2,2H3;3H,1H2,2H3. The van der Waals surface area contributed by atoms with Crippen LogP contribution < -0.4 is 0 Å². The molecule has 5 heteroatoms. The highest BCUT2D eigenvalue weighted by Gasteiger charge is 1.94. The normalized spacial score (nSPS) is 8.52. The number of esters is 1. The van der Waals surface area contributed by atoms with Crippen LogP contribution in [0.5, 0.6) is 0 Å². The average Bonchev–Trinajstić information content (AvgIpc) is 2.73. The number of rotatable bonds is 5. The van der Waals surface area contributed by atoms with Gasteiger partial charge in [0, 0.05) is 6.08 Å². The molecule has 0 spiro atoms. The Hall–Kier alpha value is -3.34. The molecule has 0 bridgehead atoms. The summed E-state index contributed by atoms with van der Waals surface area (Å²) in [7, 11) is 2.56. The lowest BCUT2D eigenvalue weighted by Crippen LogP contribution is -2.02. The molecule has 144 valence electrons. The fraction of sp³-hybridized carbons (Fsp3) is 0.182. The van der Waals surface area contributed by atoms with Crippen LogP contribution in [0.2, 0.25) is 0 Å². The number of carbonyl (C=O) groups excluding carboxylic acids is 2. The van der Waals surface area contributed by atoms with Crippen LogP contribution in [0.1, 0.15) is 11.1 Å². The van der Waals surface area contributed by atoms with Gasteiger partial charge in [-0.15, -0.1) is 0 Å². The Bertz CT molecular complexity index is 628. The first-order valence-corrected chi connectivity index (χ1v) is 8.17. The molecule has 0 amide bonds. The van der Waals surface area contributed by atoms with Crippen molar-refractivity contribution in [3.05, 3.63) is 97.1 Å². The predicted molar refractivity (Wildman–Crippen MR) is 106 cm³/mol. The highest BCUT2D eigenvalue weighted by Crippen LogP contribution is 2.07. The summed E-state index contributed by atoms with van der Waals surface area (Å²) in [5.74, 6) is -0.394. The van der Waals surface area contributed by atoms with E-state index in [0.717, 1.165) is 12.5 Å². The lowest BCUT2D eigenvalue weighted by molar-refractivity contribution is -0.134. The van der Waals surface area contributed by atoms with Crippen LogP contribution in [-0.4, -0.2) is 33.0 Å². The van der Waals surface area contributed by atoms with E-state index in [9.17, 15) is 9.59 Å². The summed E-state index contributed by atoms with van der Waals surface area (Å²) < 4.78 is 12.6. The minimum Gasteiger partial charge on any atom is -0.466 e. The number of carbonyl (C=O) groups is 2. The van der Waals surface area contributed by atoms with Crippen molar-refractivity contribution in [2.24, 2.45) is 0 Å². The Morgan fingerprint density at radius 2 is 1.33 bits per heavy atom. The van der Waals surface area contributed by atoms with Gasteiger partial charge in [0.05, 0.1) is 14.2 Å². The molecule has 0 fully saturated rings. The van der Waals surface area contributed by atoms with Crippen molar-refractivity contribution in [1.29, 1.82) is 0 Å². The second kappa shape index (κ2) is 16.1. The molecule has 5 nitrogen and oxygen atoms in total. The summed E-state index contributed by atoms with van der Waals surface area (Å²) in [5.41, 5.74) is 2.74. The highest BCUT2D eigenvalue weighted by molar-refractivity contribution is 5.80. The van der Waals surface area contributed by atoms with E-state index in [1.54, 1.807) is 0 Å². The Morgan fingerprint density at radius 1 is 0.852 bits per heavy atom. The summed E-state index contributed by atoms with van der Waals surface area (Å²) in [6.07, 6.45) is 2.93. The zero-order chi connectivity index (χ0) is 20.3. The Labute approximate surface area is 160 Å². The van der Waals surface area contributed by atoms with E-state index in [2.05, 4.69) is 88.0 Å². The van der Waals surface area contributed by atoms with Gasteiger partial charge in [-0.3, -0.25) is 0 Å². The molecule has 0 aromatic heterocycles. The molecule has 0 aliphatic heterocycles. The quantitative estimate of drug-likeness (QED) is 0.438. The van der Waals surface area contributed by atoms with E-state index in [4.69, 9.17) is 0 Å². The predicted octanol–water partition coefficient (Wildman–Crippen LogP) is 4.58. The topological polar surface area (TPSA) is 61.8 Å². The first kappa shape index (κ1) is 23.7. The molecular formula is C22H26O5. The highest BCUT2D eigenvalue weighted by atomic mass is 16.7. The van der Waals surface area contributed by atoms with Crippen molar-refractivity contribution in [1.82, 2.24) is 0 Å². The van der Waals surface area contributed by atoms with Gasteiger partial charge < -0.3 is 14.2 Å². The summed E-state index contributed by atoms with van der Waals surface area (Å²) in [6, 6.07) is 21.1. The van der Waals surface area contributed by atoms with Crippen molar-refractivity contribution in [3.8, 4) is 0 Å². The minimum absolute atomic E-state index is 0.201. The molecule has 0 atom stereocenters. The van der Waals surface area contributed by atoms with E-state index < -0.39 is 12.1 Å². The van der Waals surface area contributed by atoms with E-state index in [1.165, 1.54) is 31.4 Å². The molecule has 2 aromatic carbocycles. The molecule has 0 radical (unpaired) electrons. The SMILES string of the molecule is C=CC(=O)OC.C=CCOC(=O)OC.c1ccc(Cc2ccccc2)cc1. The van der Waals surface area contributed by atoms with Gasteiger partial charge >= 0.3 is 12.1 Å². The number of methoxy groups -OCH3 is 2. The van der Waals surface area contributed by atoms with Gasteiger partial charge in [0.1, 0.15) is 6.61 Å². The largest absolute Gasteiger partial charge is 0.508 e. The van der Waals surface area contributed by atoms with E-state index in [1.807, 2.05) is 0 Å². The number of hydrogen-bond donors (Lipinski definition) is 0. The molecule has 0 unspecified atom stereocenters. The van der Waals surface area contributed by atoms with Crippen molar-refractivity contribution in [2.75, 3.05) is 20.8 Å². The fourth-order valence-corrected chi connectivity index (χ4v) is 1.70. The van der Waals surface area contributed by atoms with Crippen LogP contribution in [-0.2, 0) is 25.4 Å². The number of ether oxygens (including phenoxy) is 3. The fourth-order valence-electron chi connectivity index (χ4n) is 1.70. The van der Waals surface area contributed by atoms with Gasteiger partial charge in [0.15, 0.2) is 0 Å². The monoisotopic (exact) mass is 370 g/mol. The maximum Gasteiger partial charge on any atom is 0.508 e. The number of benzene rings is 2. The van der Waals surface area contributed by atoms with Gasteiger partial charge in [-0.1, -0.05) is 79.9 Å². The summed E-state index contributed by atoms with van der Waals surface area (Å²) in [5, 5.41) is 0. The molecule has 0 aliphatic rings. The van der Waals surface area contributed by atoms with E-state index in [0.29, 0.717) is 0 Å². The second-order valence-electron chi connectivity index (χ2n) is 4.93. The van der Waals surface area contributed by atoms with Crippen LogP contribution in [0.15, 0.2) is 86.0 Å². The van der Waals surface area contributed by atoms with E-state index in [-0.39, 0.29) is 6.61 Å². The average molecular weight is 370 g/mol. The van der Waals surface area contributed by atoms with Crippen molar-refractivity contribution in [2.45, 2.75) is 6.42 Å². The van der Waals surface area contributed by atoms with Crippen molar-refractivity contribution >= 4 is 12.1 Å².